The van der Waals surface area contributed by atoms with Gasteiger partial charge in [0.1, 0.15) is 0 Å². The van der Waals surface area contributed by atoms with Crippen LogP contribution in [0, 0.1) is 17.3 Å². The molecule has 3 aliphatic rings. The molecule has 0 unspecified atom stereocenters. The Morgan fingerprint density at radius 2 is 1.81 bits per heavy atom. The Labute approximate surface area is 125 Å². The molecule has 1 aromatic carbocycles. The van der Waals surface area contributed by atoms with E-state index in [0.29, 0.717) is 17.8 Å². The monoisotopic (exact) mass is 294 g/mol. The predicted molar refractivity (Wildman–Crippen MR) is 80.4 cm³/mol. The summed E-state index contributed by atoms with van der Waals surface area (Å²) in [7, 11) is 0. The molecule has 0 aromatic heterocycles. The van der Waals surface area contributed by atoms with Crippen LogP contribution in [0.25, 0.3) is 0 Å². The third-order valence-electron chi connectivity index (χ3n) is 6.77. The summed E-state index contributed by atoms with van der Waals surface area (Å²) in [6.45, 7) is 2.27. The second-order valence-corrected chi connectivity index (χ2v) is 7.59. The highest BCUT2D eigenvalue weighted by atomic mass is 16.4. The third-order valence-corrected chi connectivity index (χ3v) is 6.77. The number of aromatic hydroxyl groups is 2. The first-order valence-electron chi connectivity index (χ1n) is 8.23. The zero-order valence-electron chi connectivity index (χ0n) is 12.5. The fourth-order valence-electron chi connectivity index (χ4n) is 5.57. The molecule has 114 valence electrons. The summed E-state index contributed by atoms with van der Waals surface area (Å²) < 4.78 is 0. The van der Waals surface area contributed by atoms with Gasteiger partial charge < -0.3 is 15.3 Å². The minimum atomic E-state index is -0.141. The maximum absolute atomic E-state index is 10.4. The van der Waals surface area contributed by atoms with Crippen molar-refractivity contribution in [1.82, 2.24) is 0 Å². The standard InChI is InChI=1S/C18H24O3/c1-18-7-6-11-12(14(18)4-5-17(18)21)3-2-10-8-15(19)16(20)9-13(10)11/h8-9,11-12,14,17,19-21H,2-7H2,1H3/t11-,12+,14-,17-,18-/m0/s1/i1+1,4+1,5+1,14+1,17+1,18+1. The molecule has 2 fully saturated rings. The van der Waals surface area contributed by atoms with Crippen molar-refractivity contribution in [3.8, 4) is 11.5 Å². The molecule has 0 saturated heterocycles. The molecule has 0 bridgehead atoms. The Morgan fingerprint density at radius 3 is 2.62 bits per heavy atom. The van der Waals surface area contributed by atoms with Crippen LogP contribution in [0.3, 0.4) is 0 Å². The van der Waals surface area contributed by atoms with Crippen LogP contribution in [0.5, 0.6) is 11.5 Å². The van der Waals surface area contributed by atoms with Gasteiger partial charge in [-0.3, -0.25) is 0 Å². The van der Waals surface area contributed by atoms with Gasteiger partial charge in [0.25, 0.3) is 0 Å². The zero-order valence-corrected chi connectivity index (χ0v) is 12.5. The largest absolute Gasteiger partial charge is 0.504 e. The van der Waals surface area contributed by atoms with Crippen molar-refractivity contribution >= 4 is 0 Å². The fourth-order valence-corrected chi connectivity index (χ4v) is 5.57. The van der Waals surface area contributed by atoms with Gasteiger partial charge in [-0.2, -0.15) is 0 Å². The molecule has 0 radical (unpaired) electrons. The molecular weight excluding hydrogens is 270 g/mol. The molecule has 0 amide bonds. The molecule has 3 aliphatic carbocycles. The molecular formula is C18H24O3. The Hall–Kier alpha value is -1.22. The molecule has 5 atom stereocenters. The van der Waals surface area contributed by atoms with Crippen LogP contribution in [-0.4, -0.2) is 21.4 Å². The van der Waals surface area contributed by atoms with E-state index in [1.54, 1.807) is 12.1 Å². The summed E-state index contributed by atoms with van der Waals surface area (Å²) >= 11 is 0. The summed E-state index contributed by atoms with van der Waals surface area (Å²) in [6, 6.07) is 3.54. The van der Waals surface area contributed by atoms with Gasteiger partial charge in [-0.25, -0.2) is 0 Å². The van der Waals surface area contributed by atoms with E-state index in [2.05, 4.69) is 6.92 Å². The molecule has 21 heavy (non-hydrogen) atoms. The van der Waals surface area contributed by atoms with Crippen LogP contribution >= 0.6 is 0 Å². The molecule has 0 spiro atoms. The molecule has 1 aromatic rings. The van der Waals surface area contributed by atoms with Crippen LogP contribution < -0.4 is 0 Å². The van der Waals surface area contributed by atoms with Crippen molar-refractivity contribution in [1.29, 1.82) is 0 Å². The van der Waals surface area contributed by atoms with Gasteiger partial charge in [0.05, 0.1) is 6.10 Å². The lowest BCUT2D eigenvalue weighted by Crippen LogP contribution is -2.43. The second-order valence-electron chi connectivity index (χ2n) is 7.59. The molecule has 4 rings (SSSR count). The van der Waals surface area contributed by atoms with E-state index < -0.39 is 0 Å². The van der Waals surface area contributed by atoms with Gasteiger partial charge in [-0.15, -0.1) is 0 Å². The first kappa shape index (κ1) is 13.4. The number of aryl methyl sites for hydroxylation is 1. The molecule has 2 saturated carbocycles. The van der Waals surface area contributed by atoms with Gasteiger partial charge in [0.2, 0.25) is 0 Å². The Morgan fingerprint density at radius 1 is 1.05 bits per heavy atom. The van der Waals surface area contributed by atoms with Crippen LogP contribution in [0.4, 0.5) is 0 Å². The van der Waals surface area contributed by atoms with Gasteiger partial charge >= 0.3 is 0 Å². The first-order chi connectivity index (χ1) is 10.0. The van der Waals surface area contributed by atoms with Gasteiger partial charge in [-0.1, -0.05) is 6.92 Å². The van der Waals surface area contributed by atoms with E-state index in [1.807, 2.05) is 0 Å². The van der Waals surface area contributed by atoms with Gasteiger partial charge in [-0.05, 0) is 85.0 Å². The van der Waals surface area contributed by atoms with Crippen molar-refractivity contribution in [3.63, 3.8) is 0 Å². The molecule has 0 aliphatic heterocycles. The maximum atomic E-state index is 10.4. The average Bonchev–Trinajstić information content (AvgIpc) is 2.76. The van der Waals surface area contributed by atoms with E-state index in [1.165, 1.54) is 11.1 Å². The number of fused-ring (bicyclic) bond motifs is 5. The Kier molecular flexibility index (Phi) is 2.81. The Bertz CT molecular complexity index is 582. The summed E-state index contributed by atoms with van der Waals surface area (Å²) in [5, 5.41) is 29.9. The smallest absolute Gasteiger partial charge is 0.157 e. The second kappa shape index (κ2) is 4.39. The third kappa shape index (κ3) is 1.76. The minimum absolute atomic E-state index is 0.00383. The summed E-state index contributed by atoms with van der Waals surface area (Å²) in [5.41, 5.74) is 2.54. The maximum Gasteiger partial charge on any atom is 0.157 e. The quantitative estimate of drug-likeness (QED) is 0.508. The van der Waals surface area contributed by atoms with Crippen molar-refractivity contribution < 1.29 is 15.3 Å². The van der Waals surface area contributed by atoms with Crippen LogP contribution in [0.15, 0.2) is 12.1 Å². The lowest BCUT2D eigenvalue weighted by Gasteiger charge is -2.50. The van der Waals surface area contributed by atoms with Crippen molar-refractivity contribution in [2.45, 2.75) is 57.5 Å². The van der Waals surface area contributed by atoms with E-state index in [0.717, 1.165) is 38.5 Å². The number of aliphatic hydroxyl groups excluding tert-OH is 1. The lowest BCUT2D eigenvalue weighted by molar-refractivity contribution is -0.0226. The van der Waals surface area contributed by atoms with Crippen LogP contribution in [-0.2, 0) is 6.42 Å². The fraction of sp³-hybridized carbons (Fsp3) is 0.667. The molecule has 3 N–H and O–H groups in total. The highest BCUT2D eigenvalue weighted by Crippen LogP contribution is 2.61. The number of phenols is 2. The van der Waals surface area contributed by atoms with Crippen molar-refractivity contribution in [2.24, 2.45) is 17.3 Å². The summed E-state index contributed by atoms with van der Waals surface area (Å²) in [4.78, 5) is 0. The van der Waals surface area contributed by atoms with E-state index >= 15 is 0 Å². The highest BCUT2D eigenvalue weighted by molar-refractivity contribution is 5.48. The predicted octanol–water partition coefficient (Wildman–Crippen LogP) is 3.31. The molecule has 0 heterocycles. The normalized spacial score (nSPS) is 41.2. The number of rotatable bonds is 0. The Balaban J connectivity index is 1.73. The number of hydrogen-bond acceptors (Lipinski definition) is 3. The first-order valence-corrected chi connectivity index (χ1v) is 8.23. The lowest BCUT2D eigenvalue weighted by atomic mass is 9.73. The molecule has 3 heteroatoms. The van der Waals surface area contributed by atoms with Crippen molar-refractivity contribution in [2.75, 3.05) is 0 Å². The van der Waals surface area contributed by atoms with Crippen molar-refractivity contribution in [3.05, 3.63) is 23.3 Å². The van der Waals surface area contributed by atoms with Crippen LogP contribution in [0.2, 0.25) is 0 Å². The van der Waals surface area contributed by atoms with Crippen LogP contribution in [0.1, 0.15) is 56.1 Å². The van der Waals surface area contributed by atoms with E-state index in [-0.39, 0.29) is 23.0 Å². The average molecular weight is 294 g/mol. The summed E-state index contributed by atoms with van der Waals surface area (Å²) in [6.07, 6.45) is 6.23. The number of aliphatic hydroxyl groups is 1. The number of hydrogen-bond donors (Lipinski definition) is 3. The summed E-state index contributed by atoms with van der Waals surface area (Å²) in [5.74, 6) is 1.73. The van der Waals surface area contributed by atoms with Gasteiger partial charge in [0, 0.05) is 0 Å². The highest BCUT2D eigenvalue weighted by Gasteiger charge is 2.54. The number of benzene rings is 1. The van der Waals surface area contributed by atoms with E-state index in [9.17, 15) is 15.3 Å². The topological polar surface area (TPSA) is 60.7 Å². The minimum Gasteiger partial charge on any atom is -0.504 e. The van der Waals surface area contributed by atoms with E-state index in [4.69, 9.17) is 0 Å². The molecule has 3 nitrogen and oxygen atoms in total. The number of phenolic OH excluding ortho intramolecular Hbond substituents is 2. The SMILES string of the molecule is [13CH3][13C@]12CC[C@@H]3c4cc(O)c(O)cc4CC[C@H]3[13C@@H]1[13CH2][13CH2][13C@@H]2O. The zero-order chi connectivity index (χ0) is 14.8. The van der Waals surface area contributed by atoms with Gasteiger partial charge in [0.15, 0.2) is 11.5 Å².